The number of hydrogen-bond acceptors (Lipinski definition) is 6. The van der Waals surface area contributed by atoms with E-state index in [9.17, 15) is 18.4 Å². The molecule has 0 aliphatic rings. The number of benzene rings is 3. The standard InChI is InChI=1S/C24H17F2N5O2/c25-20-4-2-1-3-19(20)23(33)29-17-11-9-16(10-12-17)28-22-21(26)13-27-24(31-22)30-18-7-5-15(14-32)6-8-18/h1-14H,(H,29,33)(H2,27,28,30,31). The van der Waals surface area contributed by atoms with Crippen LogP contribution in [0.2, 0.25) is 0 Å². The number of aldehydes is 1. The fourth-order valence-electron chi connectivity index (χ4n) is 2.91. The average Bonchev–Trinajstić information content (AvgIpc) is 2.83. The molecule has 3 N–H and O–H groups in total. The second-order valence-electron chi connectivity index (χ2n) is 6.89. The van der Waals surface area contributed by atoms with Crippen LogP contribution < -0.4 is 16.0 Å². The van der Waals surface area contributed by atoms with Crippen molar-refractivity contribution in [1.82, 2.24) is 9.97 Å². The van der Waals surface area contributed by atoms with Crippen LogP contribution in [0.25, 0.3) is 0 Å². The number of amides is 1. The van der Waals surface area contributed by atoms with Crippen LogP contribution in [0.4, 0.5) is 37.6 Å². The van der Waals surface area contributed by atoms with Crippen molar-refractivity contribution < 1.29 is 18.4 Å². The van der Waals surface area contributed by atoms with Gasteiger partial charge in [0.1, 0.15) is 12.1 Å². The topological polar surface area (TPSA) is 96.0 Å². The molecule has 33 heavy (non-hydrogen) atoms. The first-order valence-corrected chi connectivity index (χ1v) is 9.79. The van der Waals surface area contributed by atoms with Crippen molar-refractivity contribution in [2.24, 2.45) is 0 Å². The molecule has 0 saturated carbocycles. The first kappa shape index (κ1) is 21.6. The molecule has 0 aliphatic heterocycles. The molecular formula is C24H17F2N5O2. The van der Waals surface area contributed by atoms with Crippen LogP contribution in [0, 0.1) is 11.6 Å². The fraction of sp³-hybridized carbons (Fsp3) is 0. The van der Waals surface area contributed by atoms with E-state index in [4.69, 9.17) is 0 Å². The molecule has 0 aliphatic carbocycles. The van der Waals surface area contributed by atoms with Crippen LogP contribution in [-0.4, -0.2) is 22.2 Å². The van der Waals surface area contributed by atoms with Crippen LogP contribution in [0.5, 0.6) is 0 Å². The van der Waals surface area contributed by atoms with E-state index < -0.39 is 17.5 Å². The minimum Gasteiger partial charge on any atom is -0.338 e. The smallest absolute Gasteiger partial charge is 0.258 e. The van der Waals surface area contributed by atoms with Gasteiger partial charge in [0.25, 0.3) is 5.91 Å². The Labute approximate surface area is 187 Å². The van der Waals surface area contributed by atoms with Gasteiger partial charge in [0.15, 0.2) is 11.6 Å². The normalized spacial score (nSPS) is 10.4. The van der Waals surface area contributed by atoms with Gasteiger partial charge < -0.3 is 16.0 Å². The summed E-state index contributed by atoms with van der Waals surface area (Å²) in [6, 6.07) is 18.7. The zero-order valence-corrected chi connectivity index (χ0v) is 17.0. The Hall–Kier alpha value is -4.66. The molecule has 164 valence electrons. The number of rotatable bonds is 7. The molecule has 4 aromatic rings. The fourth-order valence-corrected chi connectivity index (χ4v) is 2.91. The van der Waals surface area contributed by atoms with Gasteiger partial charge in [-0.1, -0.05) is 12.1 Å². The first-order valence-electron chi connectivity index (χ1n) is 9.79. The quantitative estimate of drug-likeness (QED) is 0.334. The Morgan fingerprint density at radius 3 is 2.12 bits per heavy atom. The van der Waals surface area contributed by atoms with Crippen LogP contribution in [0.15, 0.2) is 79.0 Å². The van der Waals surface area contributed by atoms with E-state index >= 15 is 0 Å². The third-order valence-corrected chi connectivity index (χ3v) is 4.57. The van der Waals surface area contributed by atoms with Crippen LogP contribution in [-0.2, 0) is 0 Å². The van der Waals surface area contributed by atoms with Crippen LogP contribution in [0.1, 0.15) is 20.7 Å². The van der Waals surface area contributed by atoms with Crippen molar-refractivity contribution in [3.05, 3.63) is 102 Å². The molecule has 0 atom stereocenters. The molecule has 9 heteroatoms. The van der Waals surface area contributed by atoms with Gasteiger partial charge in [0, 0.05) is 22.6 Å². The molecule has 0 radical (unpaired) electrons. The highest BCUT2D eigenvalue weighted by Crippen LogP contribution is 2.22. The summed E-state index contributed by atoms with van der Waals surface area (Å²) in [7, 11) is 0. The third kappa shape index (κ3) is 5.34. The number of hydrogen-bond donors (Lipinski definition) is 3. The van der Waals surface area contributed by atoms with Crippen LogP contribution in [0.3, 0.4) is 0 Å². The maximum Gasteiger partial charge on any atom is 0.258 e. The number of carbonyl (C=O) groups excluding carboxylic acids is 2. The van der Waals surface area contributed by atoms with Gasteiger partial charge in [0.2, 0.25) is 5.95 Å². The molecule has 0 unspecified atom stereocenters. The summed E-state index contributed by atoms with van der Waals surface area (Å²) in [5, 5.41) is 8.40. The second kappa shape index (κ2) is 9.65. The molecule has 1 amide bonds. The lowest BCUT2D eigenvalue weighted by Gasteiger charge is -2.11. The highest BCUT2D eigenvalue weighted by atomic mass is 19.1. The highest BCUT2D eigenvalue weighted by Gasteiger charge is 2.12. The maximum absolute atomic E-state index is 14.2. The summed E-state index contributed by atoms with van der Waals surface area (Å²) < 4.78 is 28.0. The van der Waals surface area contributed by atoms with E-state index in [0.717, 1.165) is 12.5 Å². The molecule has 0 bridgehead atoms. The summed E-state index contributed by atoms with van der Waals surface area (Å²) in [6.07, 6.45) is 1.76. The lowest BCUT2D eigenvalue weighted by molar-refractivity contribution is 0.102. The molecule has 3 aromatic carbocycles. The van der Waals surface area contributed by atoms with E-state index in [1.54, 1.807) is 54.6 Å². The average molecular weight is 445 g/mol. The Morgan fingerprint density at radius 2 is 1.42 bits per heavy atom. The number of carbonyl (C=O) groups is 2. The van der Waals surface area contributed by atoms with Crippen molar-refractivity contribution in [3.63, 3.8) is 0 Å². The van der Waals surface area contributed by atoms with Gasteiger partial charge in [-0.3, -0.25) is 9.59 Å². The molecule has 0 spiro atoms. The Kier molecular flexibility index (Phi) is 6.31. The van der Waals surface area contributed by atoms with Gasteiger partial charge in [-0.2, -0.15) is 4.98 Å². The van der Waals surface area contributed by atoms with Gasteiger partial charge in [-0.05, 0) is 60.7 Å². The van der Waals surface area contributed by atoms with Gasteiger partial charge in [0.05, 0.1) is 11.8 Å². The van der Waals surface area contributed by atoms with E-state index in [2.05, 4.69) is 25.9 Å². The molecule has 0 fully saturated rings. The number of aromatic nitrogens is 2. The van der Waals surface area contributed by atoms with Crippen molar-refractivity contribution >= 4 is 41.0 Å². The lowest BCUT2D eigenvalue weighted by atomic mass is 10.2. The summed E-state index contributed by atoms with van der Waals surface area (Å²) in [6.45, 7) is 0. The van der Waals surface area contributed by atoms with Gasteiger partial charge >= 0.3 is 0 Å². The van der Waals surface area contributed by atoms with Gasteiger partial charge in [-0.25, -0.2) is 13.8 Å². The molecule has 1 aromatic heterocycles. The number of halogens is 2. The van der Waals surface area contributed by atoms with E-state index in [0.29, 0.717) is 22.6 Å². The zero-order valence-electron chi connectivity index (χ0n) is 17.0. The van der Waals surface area contributed by atoms with Crippen molar-refractivity contribution in [3.8, 4) is 0 Å². The first-order chi connectivity index (χ1) is 16.0. The predicted molar refractivity (Wildman–Crippen MR) is 121 cm³/mol. The Bertz CT molecular complexity index is 1300. The highest BCUT2D eigenvalue weighted by molar-refractivity contribution is 6.04. The molecular weight excluding hydrogens is 428 g/mol. The van der Waals surface area contributed by atoms with E-state index in [-0.39, 0.29) is 17.3 Å². The van der Waals surface area contributed by atoms with E-state index in [1.807, 2.05) is 0 Å². The van der Waals surface area contributed by atoms with Crippen molar-refractivity contribution in [2.45, 2.75) is 0 Å². The molecule has 7 nitrogen and oxygen atoms in total. The SMILES string of the molecule is O=Cc1ccc(Nc2ncc(F)c(Nc3ccc(NC(=O)c4ccccc4F)cc3)n2)cc1. The Morgan fingerprint density at radius 1 is 0.788 bits per heavy atom. The molecule has 0 saturated heterocycles. The zero-order chi connectivity index (χ0) is 23.2. The lowest BCUT2D eigenvalue weighted by Crippen LogP contribution is -2.13. The minimum absolute atomic E-state index is 0.0554. The third-order valence-electron chi connectivity index (χ3n) is 4.57. The maximum atomic E-state index is 14.2. The van der Waals surface area contributed by atoms with Crippen molar-refractivity contribution in [2.75, 3.05) is 16.0 Å². The number of nitrogens with one attached hydrogen (secondary N) is 3. The number of nitrogens with zero attached hydrogens (tertiary/aromatic N) is 2. The molecule has 4 rings (SSSR count). The second-order valence-corrected chi connectivity index (χ2v) is 6.89. The van der Waals surface area contributed by atoms with Crippen molar-refractivity contribution in [1.29, 1.82) is 0 Å². The summed E-state index contributed by atoms with van der Waals surface area (Å²) in [5.41, 5.74) is 2.05. The van der Waals surface area contributed by atoms with Gasteiger partial charge in [-0.15, -0.1) is 0 Å². The van der Waals surface area contributed by atoms with Crippen LogP contribution >= 0.6 is 0 Å². The summed E-state index contributed by atoms with van der Waals surface area (Å²) >= 11 is 0. The molecule has 1 heterocycles. The monoisotopic (exact) mass is 445 g/mol. The number of anilines is 5. The Balaban J connectivity index is 1.44. The summed E-state index contributed by atoms with van der Waals surface area (Å²) in [4.78, 5) is 31.0. The predicted octanol–water partition coefficient (Wildman–Crippen LogP) is 5.31. The van der Waals surface area contributed by atoms with E-state index in [1.165, 1.54) is 18.2 Å². The summed E-state index contributed by atoms with van der Waals surface area (Å²) in [5.74, 6) is -1.75. The largest absolute Gasteiger partial charge is 0.338 e. The minimum atomic E-state index is -0.659.